The minimum Gasteiger partial charge on any atom is -0.355 e. The number of piperidine rings is 1. The molecule has 0 aliphatic carbocycles. The Labute approximate surface area is 144 Å². The topological polar surface area (TPSA) is 69.6 Å². The summed E-state index contributed by atoms with van der Waals surface area (Å²) in [5.41, 5.74) is 0. The molecule has 0 spiro atoms. The molecule has 0 atom stereocenters. The number of sulfonamides is 1. The average molecular weight is 353 g/mol. The van der Waals surface area contributed by atoms with E-state index < -0.39 is 10.0 Å². The first-order valence-electron chi connectivity index (χ1n) is 8.91. The fraction of sp³-hybridized carbons (Fsp3) is 0.750. The first-order chi connectivity index (χ1) is 11.6. The maximum absolute atomic E-state index is 12.1. The number of nitrogens with zero attached hydrogens (tertiary/aromatic N) is 5. The Bertz CT molecular complexity index is 620. The lowest BCUT2D eigenvalue weighted by Crippen LogP contribution is -2.49. The van der Waals surface area contributed by atoms with Crippen LogP contribution in [0.15, 0.2) is 12.1 Å². The molecule has 1 aromatic heterocycles. The highest BCUT2D eigenvalue weighted by Gasteiger charge is 2.26. The predicted molar refractivity (Wildman–Crippen MR) is 96.0 cm³/mol. The predicted octanol–water partition coefficient (Wildman–Crippen LogP) is 1.33. The molecule has 7 nitrogen and oxygen atoms in total. The van der Waals surface area contributed by atoms with Gasteiger partial charge in [0.05, 0.1) is 5.75 Å². The Morgan fingerprint density at radius 2 is 1.42 bits per heavy atom. The SMILES string of the molecule is CCCS(=O)(=O)N1CCN(c2ccc(N3CCCCC3)nn2)CC1. The Balaban J connectivity index is 1.58. The lowest BCUT2D eigenvalue weighted by molar-refractivity contribution is 0.383. The van der Waals surface area contributed by atoms with Gasteiger partial charge in [-0.1, -0.05) is 6.92 Å². The van der Waals surface area contributed by atoms with Crippen LogP contribution < -0.4 is 9.80 Å². The van der Waals surface area contributed by atoms with Crippen LogP contribution in [0.3, 0.4) is 0 Å². The molecule has 0 aromatic carbocycles. The van der Waals surface area contributed by atoms with Gasteiger partial charge in [0.2, 0.25) is 10.0 Å². The van der Waals surface area contributed by atoms with Gasteiger partial charge >= 0.3 is 0 Å². The van der Waals surface area contributed by atoms with Crippen LogP contribution in [0.5, 0.6) is 0 Å². The zero-order valence-corrected chi connectivity index (χ0v) is 15.2. The third kappa shape index (κ3) is 3.97. The largest absolute Gasteiger partial charge is 0.355 e. The molecule has 8 heteroatoms. The van der Waals surface area contributed by atoms with Crippen molar-refractivity contribution in [3.8, 4) is 0 Å². The number of hydrogen-bond donors (Lipinski definition) is 0. The zero-order chi connectivity index (χ0) is 17.0. The van der Waals surface area contributed by atoms with Crippen LogP contribution in [-0.2, 0) is 10.0 Å². The van der Waals surface area contributed by atoms with Gasteiger partial charge in [-0.15, -0.1) is 10.2 Å². The fourth-order valence-electron chi connectivity index (χ4n) is 3.36. The molecule has 2 fully saturated rings. The van der Waals surface area contributed by atoms with Gasteiger partial charge in [0.25, 0.3) is 0 Å². The second-order valence-electron chi connectivity index (χ2n) is 6.50. The molecule has 0 N–H and O–H groups in total. The molecule has 134 valence electrons. The van der Waals surface area contributed by atoms with E-state index in [9.17, 15) is 8.42 Å². The van der Waals surface area contributed by atoms with Crippen molar-refractivity contribution in [3.63, 3.8) is 0 Å². The monoisotopic (exact) mass is 353 g/mol. The summed E-state index contributed by atoms with van der Waals surface area (Å²) in [5, 5.41) is 8.74. The van der Waals surface area contributed by atoms with Gasteiger partial charge in [-0.2, -0.15) is 4.31 Å². The Kier molecular flexibility index (Phi) is 5.55. The minimum atomic E-state index is -3.10. The number of hydrogen-bond acceptors (Lipinski definition) is 6. The van der Waals surface area contributed by atoms with Crippen molar-refractivity contribution in [1.29, 1.82) is 0 Å². The maximum Gasteiger partial charge on any atom is 0.214 e. The first kappa shape index (κ1) is 17.4. The van der Waals surface area contributed by atoms with Gasteiger partial charge in [-0.25, -0.2) is 8.42 Å². The number of aromatic nitrogens is 2. The molecule has 24 heavy (non-hydrogen) atoms. The number of anilines is 2. The molecule has 2 aliphatic heterocycles. The van der Waals surface area contributed by atoms with E-state index in [0.29, 0.717) is 32.6 Å². The van der Waals surface area contributed by atoms with Crippen molar-refractivity contribution in [1.82, 2.24) is 14.5 Å². The summed E-state index contributed by atoms with van der Waals surface area (Å²) in [5.74, 6) is 2.02. The summed E-state index contributed by atoms with van der Waals surface area (Å²) < 4.78 is 25.8. The smallest absolute Gasteiger partial charge is 0.214 e. The van der Waals surface area contributed by atoms with Crippen LogP contribution in [0.2, 0.25) is 0 Å². The standard InChI is InChI=1S/C16H27N5O2S/c1-2-14-24(22,23)21-12-10-20(11-13-21)16-7-6-15(17-18-16)19-8-4-3-5-9-19/h6-7H,2-5,8-14H2,1H3. The van der Waals surface area contributed by atoms with Gasteiger partial charge in [-0.3, -0.25) is 0 Å². The molecule has 2 saturated heterocycles. The summed E-state index contributed by atoms with van der Waals surface area (Å²) in [4.78, 5) is 4.40. The van der Waals surface area contributed by atoms with Gasteiger partial charge in [0.15, 0.2) is 11.6 Å². The van der Waals surface area contributed by atoms with Crippen molar-refractivity contribution in [3.05, 3.63) is 12.1 Å². The highest BCUT2D eigenvalue weighted by atomic mass is 32.2. The quantitative estimate of drug-likeness (QED) is 0.795. The maximum atomic E-state index is 12.1. The van der Waals surface area contributed by atoms with E-state index in [1.807, 2.05) is 19.1 Å². The summed E-state index contributed by atoms with van der Waals surface area (Å²) in [7, 11) is -3.10. The van der Waals surface area contributed by atoms with Crippen molar-refractivity contribution in [2.24, 2.45) is 0 Å². The Hall–Kier alpha value is -1.41. The van der Waals surface area contributed by atoms with Crippen LogP contribution in [0.25, 0.3) is 0 Å². The minimum absolute atomic E-state index is 0.233. The number of rotatable bonds is 5. The average Bonchev–Trinajstić information content (AvgIpc) is 2.63. The van der Waals surface area contributed by atoms with E-state index in [-0.39, 0.29) is 5.75 Å². The Morgan fingerprint density at radius 1 is 0.875 bits per heavy atom. The van der Waals surface area contributed by atoms with E-state index in [0.717, 1.165) is 24.7 Å². The van der Waals surface area contributed by atoms with Crippen molar-refractivity contribution in [2.45, 2.75) is 32.6 Å². The third-order valence-electron chi connectivity index (χ3n) is 4.73. The Morgan fingerprint density at radius 3 is 1.92 bits per heavy atom. The molecule has 3 heterocycles. The highest BCUT2D eigenvalue weighted by molar-refractivity contribution is 7.89. The molecule has 0 amide bonds. The molecule has 0 saturated carbocycles. The second kappa shape index (κ2) is 7.65. The van der Waals surface area contributed by atoms with E-state index in [1.54, 1.807) is 4.31 Å². The molecule has 3 rings (SSSR count). The molecule has 0 radical (unpaired) electrons. The summed E-state index contributed by atoms with van der Waals surface area (Å²) >= 11 is 0. The van der Waals surface area contributed by atoms with E-state index in [2.05, 4.69) is 20.0 Å². The summed E-state index contributed by atoms with van der Waals surface area (Å²) in [6.07, 6.45) is 4.40. The van der Waals surface area contributed by atoms with Gasteiger partial charge < -0.3 is 9.80 Å². The van der Waals surface area contributed by atoms with E-state index in [4.69, 9.17) is 0 Å². The van der Waals surface area contributed by atoms with Crippen molar-refractivity contribution < 1.29 is 8.42 Å². The molecule has 0 unspecified atom stereocenters. The molecule has 0 bridgehead atoms. The van der Waals surface area contributed by atoms with Crippen LogP contribution in [0.4, 0.5) is 11.6 Å². The third-order valence-corrected chi connectivity index (χ3v) is 6.81. The molecular weight excluding hydrogens is 326 g/mol. The molecule has 2 aliphatic rings. The lowest BCUT2D eigenvalue weighted by Gasteiger charge is -2.34. The summed E-state index contributed by atoms with van der Waals surface area (Å²) in [6.45, 7) is 6.40. The van der Waals surface area contributed by atoms with Gasteiger partial charge in [0.1, 0.15) is 0 Å². The molecule has 1 aromatic rings. The summed E-state index contributed by atoms with van der Waals surface area (Å²) in [6, 6.07) is 4.04. The normalized spacial score (nSPS) is 20.4. The van der Waals surface area contributed by atoms with Gasteiger partial charge in [-0.05, 0) is 37.8 Å². The van der Waals surface area contributed by atoms with Gasteiger partial charge in [0, 0.05) is 39.3 Å². The zero-order valence-electron chi connectivity index (χ0n) is 14.4. The lowest BCUT2D eigenvalue weighted by atomic mass is 10.1. The van der Waals surface area contributed by atoms with E-state index in [1.165, 1.54) is 19.3 Å². The van der Waals surface area contributed by atoms with Crippen molar-refractivity contribution in [2.75, 3.05) is 54.8 Å². The van der Waals surface area contributed by atoms with Crippen LogP contribution in [0.1, 0.15) is 32.6 Å². The fourth-order valence-corrected chi connectivity index (χ4v) is 4.85. The van der Waals surface area contributed by atoms with Crippen LogP contribution in [-0.4, -0.2) is 67.9 Å². The second-order valence-corrected chi connectivity index (χ2v) is 8.59. The van der Waals surface area contributed by atoms with E-state index >= 15 is 0 Å². The number of piperazine rings is 1. The van der Waals surface area contributed by atoms with Crippen LogP contribution >= 0.6 is 0 Å². The first-order valence-corrected chi connectivity index (χ1v) is 10.5. The van der Waals surface area contributed by atoms with Crippen molar-refractivity contribution >= 4 is 21.7 Å². The molecular formula is C16H27N5O2S. The highest BCUT2D eigenvalue weighted by Crippen LogP contribution is 2.20. The van der Waals surface area contributed by atoms with Crippen LogP contribution in [0, 0.1) is 0 Å².